The van der Waals surface area contributed by atoms with Gasteiger partial charge in [-0.2, -0.15) is 4.31 Å². The molecule has 34 heavy (non-hydrogen) atoms. The van der Waals surface area contributed by atoms with E-state index in [0.717, 1.165) is 0 Å². The second-order valence-electron chi connectivity index (χ2n) is 7.12. The van der Waals surface area contributed by atoms with Crippen molar-refractivity contribution in [2.24, 2.45) is 0 Å². The molecule has 4 aromatic carbocycles. The summed E-state index contributed by atoms with van der Waals surface area (Å²) in [5.41, 5.74) is 0.318. The topological polar surface area (TPSA) is 80.8 Å². The number of amides is 1. The molecule has 0 bridgehead atoms. The second-order valence-corrected chi connectivity index (χ2v) is 9.34. The van der Waals surface area contributed by atoms with Crippen molar-refractivity contribution in [2.75, 3.05) is 4.31 Å². The molecule has 0 heterocycles. The van der Waals surface area contributed by atoms with Gasteiger partial charge in [-0.15, -0.1) is 0 Å². The Morgan fingerprint density at radius 1 is 0.676 bits per heavy atom. The van der Waals surface area contributed by atoms with Crippen molar-refractivity contribution in [3.63, 3.8) is 0 Å². The number of carbonyl (C=O) groups is 2. The van der Waals surface area contributed by atoms with E-state index in [9.17, 15) is 18.0 Å². The van der Waals surface area contributed by atoms with E-state index in [1.165, 1.54) is 48.5 Å². The van der Waals surface area contributed by atoms with E-state index in [1.807, 2.05) is 0 Å². The number of rotatable bonds is 6. The summed E-state index contributed by atoms with van der Waals surface area (Å²) in [4.78, 5) is 26.1. The summed E-state index contributed by atoms with van der Waals surface area (Å²) in [6.45, 7) is 0. The molecule has 0 atom stereocenters. The van der Waals surface area contributed by atoms with Gasteiger partial charge in [0.15, 0.2) is 5.75 Å². The predicted octanol–water partition coefficient (Wildman–Crippen LogP) is 5.59. The Balaban J connectivity index is 1.84. The van der Waals surface area contributed by atoms with Crippen molar-refractivity contribution >= 4 is 39.2 Å². The molecule has 6 nitrogen and oxygen atoms in total. The van der Waals surface area contributed by atoms with Gasteiger partial charge in [-0.1, -0.05) is 60.1 Å². The fourth-order valence-corrected chi connectivity index (χ4v) is 4.75. The minimum Gasteiger partial charge on any atom is -0.421 e. The highest BCUT2D eigenvalue weighted by molar-refractivity contribution is 7.93. The van der Waals surface area contributed by atoms with Gasteiger partial charge in [-0.3, -0.25) is 4.79 Å². The molecule has 0 aromatic heterocycles. The number of nitrogens with zero attached hydrogens (tertiary/aromatic N) is 1. The van der Waals surface area contributed by atoms with Crippen molar-refractivity contribution < 1.29 is 22.7 Å². The van der Waals surface area contributed by atoms with Gasteiger partial charge in [0.1, 0.15) is 5.69 Å². The maximum Gasteiger partial charge on any atom is 0.343 e. The van der Waals surface area contributed by atoms with Crippen molar-refractivity contribution in [1.82, 2.24) is 0 Å². The van der Waals surface area contributed by atoms with Gasteiger partial charge in [0, 0.05) is 10.6 Å². The zero-order chi connectivity index (χ0) is 24.1. The van der Waals surface area contributed by atoms with Gasteiger partial charge in [0.25, 0.3) is 15.9 Å². The van der Waals surface area contributed by atoms with Crippen LogP contribution in [0.25, 0.3) is 0 Å². The van der Waals surface area contributed by atoms with Crippen LogP contribution < -0.4 is 9.04 Å². The lowest BCUT2D eigenvalue weighted by Crippen LogP contribution is -2.37. The van der Waals surface area contributed by atoms with Crippen molar-refractivity contribution in [2.45, 2.75) is 4.90 Å². The molecule has 0 unspecified atom stereocenters. The monoisotopic (exact) mass is 491 g/mol. The van der Waals surface area contributed by atoms with Gasteiger partial charge >= 0.3 is 5.97 Å². The Bertz CT molecular complexity index is 1420. The molecular weight excluding hydrogens is 474 g/mol. The Morgan fingerprint density at radius 2 is 1.21 bits per heavy atom. The van der Waals surface area contributed by atoms with Gasteiger partial charge in [0.2, 0.25) is 0 Å². The summed E-state index contributed by atoms with van der Waals surface area (Å²) in [7, 11) is -4.41. The molecule has 4 rings (SSSR count). The minimum atomic E-state index is -4.41. The smallest absolute Gasteiger partial charge is 0.343 e. The first kappa shape index (κ1) is 23.2. The lowest BCUT2D eigenvalue weighted by atomic mass is 10.2. The van der Waals surface area contributed by atoms with Crippen molar-refractivity contribution in [3.05, 3.63) is 125 Å². The first-order valence-corrected chi connectivity index (χ1v) is 12.0. The number of benzene rings is 4. The zero-order valence-electron chi connectivity index (χ0n) is 17.7. The van der Waals surface area contributed by atoms with Crippen LogP contribution >= 0.6 is 11.6 Å². The largest absolute Gasteiger partial charge is 0.421 e. The molecule has 0 N–H and O–H groups in total. The van der Waals surface area contributed by atoms with Crippen LogP contribution in [0.2, 0.25) is 5.02 Å². The van der Waals surface area contributed by atoms with Crippen LogP contribution in [0, 0.1) is 0 Å². The SMILES string of the molecule is O=C(Oc1ccccc1N(C(=O)c1ccccc1)S(=O)(=O)c1ccc(Cl)cc1)c1ccccc1. The molecule has 0 radical (unpaired) electrons. The minimum absolute atomic E-state index is 0.0850. The predicted molar refractivity (Wildman–Crippen MR) is 130 cm³/mol. The molecule has 0 aliphatic carbocycles. The Morgan fingerprint density at radius 3 is 1.82 bits per heavy atom. The Kier molecular flexibility index (Phi) is 6.77. The van der Waals surface area contributed by atoms with Crippen molar-refractivity contribution in [3.8, 4) is 5.75 Å². The van der Waals surface area contributed by atoms with E-state index >= 15 is 0 Å². The third kappa shape index (κ3) is 4.85. The van der Waals surface area contributed by atoms with Crippen LogP contribution in [0.5, 0.6) is 5.75 Å². The average molecular weight is 492 g/mol. The number of para-hydroxylation sites is 2. The van der Waals surface area contributed by atoms with Gasteiger partial charge in [-0.05, 0) is 60.7 Å². The fraction of sp³-hybridized carbons (Fsp3) is 0. The molecule has 0 fully saturated rings. The number of ether oxygens (including phenoxy) is 1. The molecule has 0 saturated carbocycles. The number of halogens is 1. The van der Waals surface area contributed by atoms with Crippen LogP contribution in [-0.4, -0.2) is 20.3 Å². The molecule has 0 spiro atoms. The first-order valence-electron chi connectivity index (χ1n) is 10.1. The molecule has 8 heteroatoms. The van der Waals surface area contributed by atoms with Crippen molar-refractivity contribution in [1.29, 1.82) is 0 Å². The number of anilines is 1. The standard InChI is InChI=1S/C26H18ClNO5S/c27-21-15-17-22(18-16-21)34(31,32)28(25(29)19-9-3-1-4-10-19)23-13-7-8-14-24(23)33-26(30)20-11-5-2-6-12-20/h1-18H. The normalized spacial score (nSPS) is 11.0. The maximum absolute atomic E-state index is 13.7. The summed E-state index contributed by atoms with van der Waals surface area (Å²) in [6.07, 6.45) is 0. The first-order chi connectivity index (χ1) is 16.4. The summed E-state index contributed by atoms with van der Waals surface area (Å²) in [5.74, 6) is -1.58. The molecule has 4 aromatic rings. The highest BCUT2D eigenvalue weighted by Gasteiger charge is 2.34. The summed E-state index contributed by atoms with van der Waals surface area (Å²) >= 11 is 5.92. The zero-order valence-corrected chi connectivity index (χ0v) is 19.2. The van der Waals surface area contributed by atoms with E-state index in [1.54, 1.807) is 60.7 Å². The highest BCUT2D eigenvalue weighted by atomic mass is 35.5. The van der Waals surface area contributed by atoms with Crippen LogP contribution in [0.4, 0.5) is 5.69 Å². The van der Waals surface area contributed by atoms with E-state index < -0.39 is 21.9 Å². The second kappa shape index (κ2) is 9.91. The van der Waals surface area contributed by atoms with Crippen LogP contribution in [-0.2, 0) is 10.0 Å². The van der Waals surface area contributed by atoms with E-state index in [-0.39, 0.29) is 27.5 Å². The summed E-state index contributed by atoms with van der Waals surface area (Å²) < 4.78 is 33.5. The van der Waals surface area contributed by atoms with Gasteiger partial charge < -0.3 is 4.74 Å². The Labute approximate surface area is 202 Å². The number of carbonyl (C=O) groups excluding carboxylic acids is 2. The number of sulfonamides is 1. The maximum atomic E-state index is 13.7. The molecule has 0 saturated heterocycles. The van der Waals surface area contributed by atoms with E-state index in [4.69, 9.17) is 16.3 Å². The van der Waals surface area contributed by atoms with Crippen LogP contribution in [0.1, 0.15) is 20.7 Å². The number of hydrogen-bond acceptors (Lipinski definition) is 5. The lowest BCUT2D eigenvalue weighted by molar-refractivity contribution is 0.0734. The van der Waals surface area contributed by atoms with Gasteiger partial charge in [-0.25, -0.2) is 13.2 Å². The van der Waals surface area contributed by atoms with Crippen LogP contribution in [0.15, 0.2) is 114 Å². The van der Waals surface area contributed by atoms with Crippen LogP contribution in [0.3, 0.4) is 0 Å². The average Bonchev–Trinajstić information content (AvgIpc) is 2.86. The molecule has 0 aliphatic heterocycles. The highest BCUT2D eigenvalue weighted by Crippen LogP contribution is 2.34. The quantitative estimate of drug-likeness (QED) is 0.259. The Hall–Kier alpha value is -3.94. The van der Waals surface area contributed by atoms with E-state index in [0.29, 0.717) is 9.33 Å². The molecular formula is C26H18ClNO5S. The number of hydrogen-bond donors (Lipinski definition) is 0. The molecule has 170 valence electrons. The summed E-state index contributed by atoms with van der Waals surface area (Å²) in [6, 6.07) is 27.6. The molecule has 0 aliphatic rings. The van der Waals surface area contributed by atoms with Gasteiger partial charge in [0.05, 0.1) is 10.5 Å². The lowest BCUT2D eigenvalue weighted by Gasteiger charge is -2.24. The molecule has 1 amide bonds. The van der Waals surface area contributed by atoms with E-state index in [2.05, 4.69) is 0 Å². The summed E-state index contributed by atoms with van der Waals surface area (Å²) in [5, 5.41) is 0.345. The third-order valence-corrected chi connectivity index (χ3v) is 6.82. The fourth-order valence-electron chi connectivity index (χ4n) is 3.20. The number of esters is 1. The third-order valence-electron chi connectivity index (χ3n) is 4.85.